The number of halogens is 3. The zero-order valence-electron chi connectivity index (χ0n) is 16.9. The zero-order valence-corrected chi connectivity index (χ0v) is 16.9. The molecule has 162 valence electrons. The molecule has 1 amide bonds. The SMILES string of the molecule is O=C(c1ccccc1OC(F)(F)F)N1CCC(Cc2ccc(-n3cccc3)cc2)CC1. The number of carbonyl (C=O) groups excluding carboxylic acids is 1. The van der Waals surface area contributed by atoms with Gasteiger partial charge in [-0.1, -0.05) is 24.3 Å². The number of benzene rings is 2. The average Bonchev–Trinajstić information content (AvgIpc) is 3.29. The molecule has 1 aromatic heterocycles. The first-order valence-electron chi connectivity index (χ1n) is 10.3. The molecule has 31 heavy (non-hydrogen) atoms. The van der Waals surface area contributed by atoms with E-state index in [9.17, 15) is 18.0 Å². The van der Waals surface area contributed by atoms with Gasteiger partial charge in [0.1, 0.15) is 5.75 Å². The van der Waals surface area contributed by atoms with E-state index < -0.39 is 18.0 Å². The molecule has 1 saturated heterocycles. The molecule has 3 aromatic rings. The first-order chi connectivity index (χ1) is 14.9. The summed E-state index contributed by atoms with van der Waals surface area (Å²) in [5.74, 6) is -0.442. The number of piperidine rings is 1. The molecule has 0 aliphatic carbocycles. The van der Waals surface area contributed by atoms with Crippen LogP contribution in [0.1, 0.15) is 28.8 Å². The van der Waals surface area contributed by atoms with Crippen molar-refractivity contribution in [1.82, 2.24) is 9.47 Å². The lowest BCUT2D eigenvalue weighted by molar-refractivity contribution is -0.274. The van der Waals surface area contributed by atoms with E-state index in [0.717, 1.165) is 24.9 Å². The second-order valence-electron chi connectivity index (χ2n) is 7.74. The molecule has 0 atom stereocenters. The summed E-state index contributed by atoms with van der Waals surface area (Å²) in [5.41, 5.74) is 2.29. The Morgan fingerprint density at radius 2 is 1.58 bits per heavy atom. The molecular weight excluding hydrogens is 405 g/mol. The lowest BCUT2D eigenvalue weighted by Crippen LogP contribution is -2.39. The molecule has 1 fully saturated rings. The third-order valence-electron chi connectivity index (χ3n) is 5.61. The molecule has 7 heteroatoms. The largest absolute Gasteiger partial charge is 0.573 e. The number of amides is 1. The molecule has 2 heterocycles. The highest BCUT2D eigenvalue weighted by atomic mass is 19.4. The number of nitrogens with zero attached hydrogens (tertiary/aromatic N) is 2. The van der Waals surface area contributed by atoms with Gasteiger partial charge in [0.05, 0.1) is 5.56 Å². The molecule has 4 nitrogen and oxygen atoms in total. The van der Waals surface area contributed by atoms with Gasteiger partial charge in [0.25, 0.3) is 5.91 Å². The third-order valence-corrected chi connectivity index (χ3v) is 5.61. The van der Waals surface area contributed by atoms with E-state index in [1.165, 1.54) is 23.8 Å². The first-order valence-corrected chi connectivity index (χ1v) is 10.3. The Labute approximate surface area is 178 Å². The van der Waals surface area contributed by atoms with Crippen molar-refractivity contribution in [2.24, 2.45) is 5.92 Å². The molecule has 0 N–H and O–H groups in total. The summed E-state index contributed by atoms with van der Waals surface area (Å²) in [6.45, 7) is 1.04. The minimum atomic E-state index is -4.83. The Balaban J connectivity index is 1.34. The summed E-state index contributed by atoms with van der Waals surface area (Å²) in [5, 5.41) is 0. The number of hydrogen-bond acceptors (Lipinski definition) is 2. The number of para-hydroxylation sites is 1. The highest BCUT2D eigenvalue weighted by Crippen LogP contribution is 2.29. The van der Waals surface area contributed by atoms with Gasteiger partial charge in [0.2, 0.25) is 0 Å². The van der Waals surface area contributed by atoms with E-state index in [2.05, 4.69) is 29.0 Å². The molecule has 4 rings (SSSR count). The van der Waals surface area contributed by atoms with Crippen LogP contribution in [0.2, 0.25) is 0 Å². The lowest BCUT2D eigenvalue weighted by Gasteiger charge is -2.32. The van der Waals surface area contributed by atoms with Crippen molar-refractivity contribution in [3.63, 3.8) is 0 Å². The van der Waals surface area contributed by atoms with Crippen LogP contribution in [0, 0.1) is 5.92 Å². The molecule has 2 aromatic carbocycles. The van der Waals surface area contributed by atoms with Crippen molar-refractivity contribution < 1.29 is 22.7 Å². The second kappa shape index (κ2) is 8.88. The van der Waals surface area contributed by atoms with Gasteiger partial charge in [-0.2, -0.15) is 0 Å². The van der Waals surface area contributed by atoms with Crippen LogP contribution in [0.5, 0.6) is 5.75 Å². The van der Waals surface area contributed by atoms with E-state index in [1.54, 1.807) is 11.0 Å². The summed E-state index contributed by atoms with van der Waals surface area (Å²) in [6.07, 6.45) is 1.71. The zero-order chi connectivity index (χ0) is 21.8. The standard InChI is InChI=1S/C24H23F3N2O2/c25-24(26,27)31-22-6-2-1-5-21(22)23(30)29-15-11-19(12-16-29)17-18-7-9-20(10-8-18)28-13-3-4-14-28/h1-10,13-14,19H,11-12,15-17H2. The topological polar surface area (TPSA) is 34.5 Å². The van der Waals surface area contributed by atoms with Crippen LogP contribution in [0.4, 0.5) is 13.2 Å². The van der Waals surface area contributed by atoms with Gasteiger partial charge in [0.15, 0.2) is 0 Å². The molecule has 0 unspecified atom stereocenters. The fourth-order valence-corrected chi connectivity index (χ4v) is 4.01. The predicted octanol–water partition coefficient (Wildman–Crippen LogP) is 5.47. The van der Waals surface area contributed by atoms with Gasteiger partial charge in [-0.05, 0) is 67.1 Å². The summed E-state index contributed by atoms with van der Waals surface area (Å²) in [6, 6.07) is 17.9. The Hall–Kier alpha value is -3.22. The van der Waals surface area contributed by atoms with Crippen LogP contribution in [0.25, 0.3) is 5.69 Å². The number of alkyl halides is 3. The fourth-order valence-electron chi connectivity index (χ4n) is 4.01. The van der Waals surface area contributed by atoms with E-state index >= 15 is 0 Å². The van der Waals surface area contributed by atoms with Crippen LogP contribution < -0.4 is 4.74 Å². The second-order valence-corrected chi connectivity index (χ2v) is 7.74. The predicted molar refractivity (Wildman–Crippen MR) is 111 cm³/mol. The average molecular weight is 428 g/mol. The Morgan fingerprint density at radius 1 is 0.935 bits per heavy atom. The number of likely N-dealkylation sites (tertiary alicyclic amines) is 1. The van der Waals surface area contributed by atoms with Crippen LogP contribution in [0.15, 0.2) is 73.1 Å². The number of rotatable bonds is 5. The molecule has 0 radical (unpaired) electrons. The number of hydrogen-bond donors (Lipinski definition) is 0. The van der Waals surface area contributed by atoms with Crippen molar-refractivity contribution in [3.05, 3.63) is 84.2 Å². The first kappa shape index (κ1) is 21.0. The fraction of sp³-hybridized carbons (Fsp3) is 0.292. The smallest absolute Gasteiger partial charge is 0.405 e. The van der Waals surface area contributed by atoms with Crippen molar-refractivity contribution >= 4 is 5.91 Å². The number of aromatic nitrogens is 1. The normalized spacial score (nSPS) is 15.1. The maximum atomic E-state index is 12.8. The molecule has 0 bridgehead atoms. The molecule has 1 aliphatic heterocycles. The Kier molecular flexibility index (Phi) is 6.02. The summed E-state index contributed by atoms with van der Waals surface area (Å²) >= 11 is 0. The Morgan fingerprint density at radius 3 is 2.23 bits per heavy atom. The summed E-state index contributed by atoms with van der Waals surface area (Å²) in [4.78, 5) is 14.4. The van der Waals surface area contributed by atoms with Crippen LogP contribution in [0.3, 0.4) is 0 Å². The third kappa shape index (κ3) is 5.29. The van der Waals surface area contributed by atoms with Gasteiger partial charge in [0, 0.05) is 31.2 Å². The molecule has 1 aliphatic rings. The highest BCUT2D eigenvalue weighted by molar-refractivity contribution is 5.97. The summed E-state index contributed by atoms with van der Waals surface area (Å²) < 4.78 is 44.0. The van der Waals surface area contributed by atoms with E-state index in [4.69, 9.17) is 0 Å². The van der Waals surface area contributed by atoms with Gasteiger partial charge < -0.3 is 14.2 Å². The molecule has 0 saturated carbocycles. The van der Waals surface area contributed by atoms with Crippen LogP contribution in [-0.2, 0) is 6.42 Å². The van der Waals surface area contributed by atoms with Crippen molar-refractivity contribution in [2.75, 3.05) is 13.1 Å². The Bertz CT molecular complexity index is 1010. The summed E-state index contributed by atoms with van der Waals surface area (Å²) in [7, 11) is 0. The number of ether oxygens (including phenoxy) is 1. The lowest BCUT2D eigenvalue weighted by atomic mass is 9.90. The highest BCUT2D eigenvalue weighted by Gasteiger charge is 2.34. The van der Waals surface area contributed by atoms with Gasteiger partial charge in [-0.3, -0.25) is 4.79 Å². The van der Waals surface area contributed by atoms with E-state index in [-0.39, 0.29) is 5.56 Å². The van der Waals surface area contributed by atoms with Crippen molar-refractivity contribution in [1.29, 1.82) is 0 Å². The van der Waals surface area contributed by atoms with Gasteiger partial charge >= 0.3 is 6.36 Å². The minimum absolute atomic E-state index is 0.0566. The van der Waals surface area contributed by atoms with Crippen LogP contribution >= 0.6 is 0 Å². The van der Waals surface area contributed by atoms with Crippen LogP contribution in [-0.4, -0.2) is 34.8 Å². The van der Waals surface area contributed by atoms with E-state index in [1.807, 2.05) is 29.1 Å². The van der Waals surface area contributed by atoms with Gasteiger partial charge in [-0.25, -0.2) is 0 Å². The van der Waals surface area contributed by atoms with E-state index in [0.29, 0.717) is 19.0 Å². The monoisotopic (exact) mass is 428 g/mol. The maximum Gasteiger partial charge on any atom is 0.573 e. The minimum Gasteiger partial charge on any atom is -0.405 e. The van der Waals surface area contributed by atoms with Crippen molar-refractivity contribution in [3.8, 4) is 11.4 Å². The quantitative estimate of drug-likeness (QED) is 0.540. The molecular formula is C24H23F3N2O2. The van der Waals surface area contributed by atoms with Gasteiger partial charge in [-0.15, -0.1) is 13.2 Å². The maximum absolute atomic E-state index is 12.8. The van der Waals surface area contributed by atoms with Crippen molar-refractivity contribution in [2.45, 2.75) is 25.6 Å². The molecule has 0 spiro atoms. The number of carbonyl (C=O) groups is 1.